The second-order valence-electron chi connectivity index (χ2n) is 6.10. The number of alkyl halides is 3. The van der Waals surface area contributed by atoms with Crippen molar-refractivity contribution < 1.29 is 17.9 Å². The Labute approximate surface area is 169 Å². The van der Waals surface area contributed by atoms with Gasteiger partial charge in [0.25, 0.3) is 0 Å². The van der Waals surface area contributed by atoms with Crippen molar-refractivity contribution in [2.24, 2.45) is 0 Å². The van der Waals surface area contributed by atoms with Gasteiger partial charge in [-0.1, -0.05) is 47.6 Å². The molecule has 0 aliphatic rings. The van der Waals surface area contributed by atoms with Crippen molar-refractivity contribution in [3.63, 3.8) is 0 Å². The van der Waals surface area contributed by atoms with Gasteiger partial charge in [0, 0.05) is 16.8 Å². The number of hydrogen-bond donors (Lipinski definition) is 0. The summed E-state index contributed by atoms with van der Waals surface area (Å²) in [5, 5.41) is 0.541. The van der Waals surface area contributed by atoms with Gasteiger partial charge in [0.2, 0.25) is 5.88 Å². The lowest BCUT2D eigenvalue weighted by Gasteiger charge is -2.12. The maximum atomic E-state index is 13.3. The molecule has 0 bridgehead atoms. The molecule has 0 unspecified atom stereocenters. The number of ether oxygens (including phenoxy) is 1. The van der Waals surface area contributed by atoms with Crippen LogP contribution in [0.4, 0.5) is 13.2 Å². The molecule has 2 aromatic carbocycles. The van der Waals surface area contributed by atoms with Crippen LogP contribution in [0.3, 0.4) is 0 Å². The number of aromatic nitrogens is 2. The van der Waals surface area contributed by atoms with Crippen LogP contribution in [0.5, 0.6) is 11.6 Å². The molecule has 0 amide bonds. The molecule has 0 spiro atoms. The van der Waals surface area contributed by atoms with E-state index in [1.165, 1.54) is 0 Å². The number of benzene rings is 2. The highest BCUT2D eigenvalue weighted by molar-refractivity contribution is 7.98. The predicted octanol–water partition coefficient (Wildman–Crippen LogP) is 6.85. The third-order valence-corrected chi connectivity index (χ3v) is 5.26. The summed E-state index contributed by atoms with van der Waals surface area (Å²) >= 11 is 7.10. The SMILES string of the molecule is Cc1cc(Oc2cc(C(F)(F)F)nc(SCc3ccccc3C)n2)ccc1Cl. The molecule has 1 aromatic heterocycles. The Morgan fingerprint density at radius 2 is 1.75 bits per heavy atom. The van der Waals surface area contributed by atoms with E-state index in [0.717, 1.165) is 34.5 Å². The lowest BCUT2D eigenvalue weighted by Crippen LogP contribution is -2.10. The summed E-state index contributed by atoms with van der Waals surface area (Å²) in [5.41, 5.74) is 1.76. The first kappa shape index (κ1) is 20.5. The van der Waals surface area contributed by atoms with Crippen molar-refractivity contribution in [2.75, 3.05) is 0 Å². The maximum absolute atomic E-state index is 13.3. The molecule has 1 heterocycles. The van der Waals surface area contributed by atoms with Gasteiger partial charge >= 0.3 is 6.18 Å². The number of nitrogens with zero attached hydrogens (tertiary/aromatic N) is 2. The third-order valence-electron chi connectivity index (χ3n) is 3.94. The fourth-order valence-electron chi connectivity index (χ4n) is 2.38. The van der Waals surface area contributed by atoms with E-state index in [0.29, 0.717) is 16.5 Å². The Morgan fingerprint density at radius 1 is 1.00 bits per heavy atom. The summed E-state index contributed by atoms with van der Waals surface area (Å²) < 4.78 is 45.3. The average molecular weight is 425 g/mol. The number of hydrogen-bond acceptors (Lipinski definition) is 4. The molecule has 28 heavy (non-hydrogen) atoms. The molecule has 3 aromatic rings. The molecular weight excluding hydrogens is 409 g/mol. The monoisotopic (exact) mass is 424 g/mol. The van der Waals surface area contributed by atoms with Crippen LogP contribution in [0, 0.1) is 13.8 Å². The lowest BCUT2D eigenvalue weighted by molar-refractivity contribution is -0.141. The molecule has 0 aliphatic heterocycles. The van der Waals surface area contributed by atoms with Gasteiger partial charge in [0.15, 0.2) is 10.9 Å². The van der Waals surface area contributed by atoms with E-state index in [1.807, 2.05) is 31.2 Å². The Kier molecular flexibility index (Phi) is 6.15. The smallest absolute Gasteiger partial charge is 0.433 e. The zero-order valence-corrected chi connectivity index (χ0v) is 16.6. The highest BCUT2D eigenvalue weighted by Crippen LogP contribution is 2.34. The van der Waals surface area contributed by atoms with Crippen molar-refractivity contribution in [3.8, 4) is 11.6 Å². The van der Waals surface area contributed by atoms with E-state index in [4.69, 9.17) is 16.3 Å². The van der Waals surface area contributed by atoms with E-state index < -0.39 is 11.9 Å². The second-order valence-corrected chi connectivity index (χ2v) is 7.45. The predicted molar refractivity (Wildman–Crippen MR) is 104 cm³/mol. The zero-order valence-electron chi connectivity index (χ0n) is 15.0. The van der Waals surface area contributed by atoms with Gasteiger partial charge in [0.05, 0.1) is 0 Å². The van der Waals surface area contributed by atoms with Crippen LogP contribution in [0.25, 0.3) is 0 Å². The fraction of sp³-hybridized carbons (Fsp3) is 0.200. The van der Waals surface area contributed by atoms with Gasteiger partial charge in [-0.15, -0.1) is 0 Å². The lowest BCUT2D eigenvalue weighted by atomic mass is 10.1. The van der Waals surface area contributed by atoms with Crippen molar-refractivity contribution in [2.45, 2.75) is 30.9 Å². The molecule has 3 rings (SSSR count). The average Bonchev–Trinajstić information content (AvgIpc) is 2.63. The van der Waals surface area contributed by atoms with E-state index in [2.05, 4.69) is 9.97 Å². The Morgan fingerprint density at radius 3 is 2.43 bits per heavy atom. The molecule has 0 N–H and O–H groups in total. The maximum Gasteiger partial charge on any atom is 0.433 e. The van der Waals surface area contributed by atoms with Crippen molar-refractivity contribution in [1.82, 2.24) is 9.97 Å². The van der Waals surface area contributed by atoms with Crippen LogP contribution in [-0.4, -0.2) is 9.97 Å². The van der Waals surface area contributed by atoms with Crippen molar-refractivity contribution in [3.05, 3.63) is 75.9 Å². The summed E-state index contributed by atoms with van der Waals surface area (Å²) in [4.78, 5) is 7.78. The van der Waals surface area contributed by atoms with Crippen LogP contribution in [0.2, 0.25) is 5.02 Å². The number of thioether (sulfide) groups is 1. The van der Waals surface area contributed by atoms with Crippen LogP contribution in [-0.2, 0) is 11.9 Å². The van der Waals surface area contributed by atoms with Gasteiger partial charge in [-0.05, 0) is 48.7 Å². The molecule has 0 saturated carbocycles. The van der Waals surface area contributed by atoms with Crippen molar-refractivity contribution in [1.29, 1.82) is 0 Å². The standard InChI is InChI=1S/C20H16ClF3N2OS/c1-12-5-3-4-6-14(12)11-28-19-25-17(20(22,23)24)10-18(26-19)27-15-7-8-16(21)13(2)9-15/h3-10H,11H2,1-2H3. The van der Waals surface area contributed by atoms with Crippen LogP contribution in [0.1, 0.15) is 22.4 Å². The molecule has 0 radical (unpaired) electrons. The molecule has 0 saturated heterocycles. The molecule has 0 atom stereocenters. The Balaban J connectivity index is 1.88. The minimum Gasteiger partial charge on any atom is -0.439 e. The van der Waals surface area contributed by atoms with E-state index in [1.54, 1.807) is 25.1 Å². The molecule has 8 heteroatoms. The first-order valence-electron chi connectivity index (χ1n) is 8.30. The summed E-state index contributed by atoms with van der Waals surface area (Å²) in [6, 6.07) is 13.3. The minimum absolute atomic E-state index is 0.00114. The van der Waals surface area contributed by atoms with Gasteiger partial charge in [-0.3, -0.25) is 0 Å². The topological polar surface area (TPSA) is 35.0 Å². The molecule has 0 aliphatic carbocycles. The highest BCUT2D eigenvalue weighted by Gasteiger charge is 2.34. The van der Waals surface area contributed by atoms with Crippen LogP contribution in [0.15, 0.2) is 53.7 Å². The molecule has 3 nitrogen and oxygen atoms in total. The quantitative estimate of drug-likeness (QED) is 0.331. The number of halogens is 4. The Hall–Kier alpha value is -2.25. The zero-order chi connectivity index (χ0) is 20.3. The van der Waals surface area contributed by atoms with Crippen LogP contribution >= 0.6 is 23.4 Å². The highest BCUT2D eigenvalue weighted by atomic mass is 35.5. The first-order valence-corrected chi connectivity index (χ1v) is 9.66. The van der Waals surface area contributed by atoms with E-state index in [9.17, 15) is 13.2 Å². The number of aryl methyl sites for hydroxylation is 2. The normalized spacial score (nSPS) is 11.5. The first-order chi connectivity index (χ1) is 13.2. The number of rotatable bonds is 5. The Bertz CT molecular complexity index is 995. The van der Waals surface area contributed by atoms with Gasteiger partial charge in [-0.25, -0.2) is 4.98 Å². The van der Waals surface area contributed by atoms with Gasteiger partial charge < -0.3 is 4.74 Å². The summed E-state index contributed by atoms with van der Waals surface area (Å²) in [5.74, 6) is 0.632. The van der Waals surface area contributed by atoms with Gasteiger partial charge in [0.1, 0.15) is 5.75 Å². The second kappa shape index (κ2) is 8.41. The molecular formula is C20H16ClF3N2OS. The van der Waals surface area contributed by atoms with Crippen LogP contribution < -0.4 is 4.74 Å². The van der Waals surface area contributed by atoms with Crippen molar-refractivity contribution >= 4 is 23.4 Å². The summed E-state index contributed by atoms with van der Waals surface area (Å²) in [7, 11) is 0. The molecule has 146 valence electrons. The summed E-state index contributed by atoms with van der Waals surface area (Å²) in [6.07, 6.45) is -4.60. The minimum atomic E-state index is -4.60. The van der Waals surface area contributed by atoms with E-state index in [-0.39, 0.29) is 11.0 Å². The van der Waals surface area contributed by atoms with Gasteiger partial charge in [-0.2, -0.15) is 18.2 Å². The third kappa shape index (κ3) is 5.17. The van der Waals surface area contributed by atoms with E-state index >= 15 is 0 Å². The fourth-order valence-corrected chi connectivity index (χ4v) is 3.43. The largest absolute Gasteiger partial charge is 0.439 e. The molecule has 0 fully saturated rings. The summed E-state index contributed by atoms with van der Waals surface area (Å²) in [6.45, 7) is 3.72.